The fourth-order valence-corrected chi connectivity index (χ4v) is 3.23. The third kappa shape index (κ3) is 4.47. The number of halogens is 2. The highest BCUT2D eigenvalue weighted by atomic mass is 35.5. The molecule has 0 N–H and O–H groups in total. The zero-order valence-electron chi connectivity index (χ0n) is 15.3. The Morgan fingerprint density at radius 2 is 1.50 bits per heavy atom. The van der Waals surface area contributed by atoms with Crippen molar-refractivity contribution in [2.24, 2.45) is 0 Å². The van der Waals surface area contributed by atoms with Crippen LogP contribution >= 0.6 is 23.2 Å². The van der Waals surface area contributed by atoms with E-state index < -0.39 is 0 Å². The van der Waals surface area contributed by atoms with Crippen molar-refractivity contribution < 1.29 is 9.47 Å². The standard InChI is InChI=1S/C10H11ClN2O.C9H9ClN2O.CH4/c1-7-5-8-9(11)3-4-12-10(8)13(7)6-14-2;1-13-6-12-5-3-7-8(10)2-4-11-9(7)12;/h3-5H,6H2,1-2H3;2-5H,6H2,1H3;1H4. The Morgan fingerprint density at radius 3 is 2.14 bits per heavy atom. The van der Waals surface area contributed by atoms with E-state index in [9.17, 15) is 0 Å². The van der Waals surface area contributed by atoms with Crippen molar-refractivity contribution in [2.75, 3.05) is 14.2 Å². The summed E-state index contributed by atoms with van der Waals surface area (Å²) in [6, 6.07) is 7.52. The molecule has 0 unspecified atom stereocenters. The number of aryl methyl sites for hydroxylation is 1. The molecular formula is C20H24Cl2N4O2. The van der Waals surface area contributed by atoms with Gasteiger partial charge in [-0.05, 0) is 31.2 Å². The van der Waals surface area contributed by atoms with Gasteiger partial charge in [0.1, 0.15) is 24.8 Å². The normalized spacial score (nSPS) is 10.6. The van der Waals surface area contributed by atoms with Gasteiger partial charge >= 0.3 is 0 Å². The third-order valence-corrected chi connectivity index (χ3v) is 4.75. The molecule has 0 aliphatic rings. The second-order valence-corrected chi connectivity index (χ2v) is 6.71. The van der Waals surface area contributed by atoms with Crippen molar-refractivity contribution in [1.82, 2.24) is 19.1 Å². The predicted molar refractivity (Wildman–Crippen MR) is 115 cm³/mol. The van der Waals surface area contributed by atoms with E-state index in [1.807, 2.05) is 34.4 Å². The molecule has 4 rings (SSSR count). The fourth-order valence-electron chi connectivity index (χ4n) is 2.83. The van der Waals surface area contributed by atoms with Crippen LogP contribution in [0.3, 0.4) is 0 Å². The molecule has 8 heteroatoms. The lowest BCUT2D eigenvalue weighted by Gasteiger charge is -2.04. The van der Waals surface area contributed by atoms with Crippen LogP contribution in [-0.4, -0.2) is 33.3 Å². The molecule has 0 spiro atoms. The smallest absolute Gasteiger partial charge is 0.143 e. The molecule has 0 saturated carbocycles. The van der Waals surface area contributed by atoms with Crippen molar-refractivity contribution in [2.45, 2.75) is 27.8 Å². The van der Waals surface area contributed by atoms with Crippen molar-refractivity contribution in [3.05, 3.63) is 58.6 Å². The summed E-state index contributed by atoms with van der Waals surface area (Å²) in [4.78, 5) is 8.50. The molecule has 0 aliphatic carbocycles. The van der Waals surface area contributed by atoms with Crippen molar-refractivity contribution in [3.8, 4) is 0 Å². The average Bonchev–Trinajstić information content (AvgIpc) is 3.20. The molecule has 0 fully saturated rings. The molecule has 6 nitrogen and oxygen atoms in total. The summed E-state index contributed by atoms with van der Waals surface area (Å²) in [5.74, 6) is 0. The minimum atomic E-state index is 0. The van der Waals surface area contributed by atoms with Gasteiger partial charge in [0.15, 0.2) is 0 Å². The minimum absolute atomic E-state index is 0. The van der Waals surface area contributed by atoms with Gasteiger partial charge in [0.2, 0.25) is 0 Å². The summed E-state index contributed by atoms with van der Waals surface area (Å²) in [6.45, 7) is 3.01. The number of ether oxygens (including phenoxy) is 2. The van der Waals surface area contributed by atoms with E-state index in [4.69, 9.17) is 32.7 Å². The maximum Gasteiger partial charge on any atom is 0.143 e. The molecule has 4 aromatic rings. The number of methoxy groups -OCH3 is 2. The van der Waals surface area contributed by atoms with Gasteiger partial charge in [0, 0.05) is 49.3 Å². The van der Waals surface area contributed by atoms with Crippen molar-refractivity contribution in [3.63, 3.8) is 0 Å². The quantitative estimate of drug-likeness (QED) is 0.433. The second kappa shape index (κ2) is 9.89. The first-order chi connectivity index (χ1) is 13.1. The van der Waals surface area contributed by atoms with Gasteiger partial charge in [-0.25, -0.2) is 9.97 Å². The summed E-state index contributed by atoms with van der Waals surface area (Å²) >= 11 is 12.0. The van der Waals surface area contributed by atoms with Crippen LogP contribution < -0.4 is 0 Å². The zero-order valence-corrected chi connectivity index (χ0v) is 16.8. The highest BCUT2D eigenvalue weighted by molar-refractivity contribution is 6.35. The SMILES string of the molecule is C.COCn1c(C)cc2c(Cl)ccnc21.COCn1ccc2c(Cl)ccnc21. The van der Waals surface area contributed by atoms with E-state index in [0.29, 0.717) is 13.5 Å². The Labute approximate surface area is 174 Å². The van der Waals surface area contributed by atoms with Crippen LogP contribution in [0.15, 0.2) is 42.9 Å². The number of fused-ring (bicyclic) bond motifs is 2. The summed E-state index contributed by atoms with van der Waals surface area (Å²) in [5.41, 5.74) is 2.83. The molecule has 4 heterocycles. The van der Waals surface area contributed by atoms with Crippen LogP contribution in [0.25, 0.3) is 22.1 Å². The van der Waals surface area contributed by atoms with E-state index in [0.717, 1.165) is 37.8 Å². The molecule has 4 aromatic heterocycles. The Morgan fingerprint density at radius 1 is 0.893 bits per heavy atom. The number of pyridine rings is 2. The van der Waals surface area contributed by atoms with Gasteiger partial charge in [-0.3, -0.25) is 0 Å². The van der Waals surface area contributed by atoms with E-state index >= 15 is 0 Å². The predicted octanol–water partition coefficient (Wildman–Crippen LogP) is 5.53. The van der Waals surface area contributed by atoms with E-state index in [1.54, 1.807) is 38.7 Å². The van der Waals surface area contributed by atoms with Crippen molar-refractivity contribution >= 4 is 45.3 Å². The number of aromatic nitrogens is 4. The molecule has 0 saturated heterocycles. The van der Waals surface area contributed by atoms with Crippen LogP contribution in [0.1, 0.15) is 13.1 Å². The van der Waals surface area contributed by atoms with Crippen molar-refractivity contribution in [1.29, 1.82) is 0 Å². The summed E-state index contributed by atoms with van der Waals surface area (Å²) < 4.78 is 14.0. The number of rotatable bonds is 4. The highest BCUT2D eigenvalue weighted by Gasteiger charge is 2.08. The first-order valence-corrected chi connectivity index (χ1v) is 9.00. The minimum Gasteiger partial charge on any atom is -0.364 e. The second-order valence-electron chi connectivity index (χ2n) is 5.89. The van der Waals surface area contributed by atoms with E-state index in [2.05, 4.69) is 9.97 Å². The Hall–Kier alpha value is -2.12. The third-order valence-electron chi connectivity index (χ3n) is 4.09. The van der Waals surface area contributed by atoms with Gasteiger partial charge in [-0.15, -0.1) is 0 Å². The largest absolute Gasteiger partial charge is 0.364 e. The lowest BCUT2D eigenvalue weighted by Crippen LogP contribution is -2.02. The van der Waals surface area contributed by atoms with Gasteiger partial charge in [-0.1, -0.05) is 30.6 Å². The average molecular weight is 423 g/mol. The first-order valence-electron chi connectivity index (χ1n) is 8.24. The Bertz CT molecular complexity index is 1060. The van der Waals surface area contributed by atoms with E-state index in [-0.39, 0.29) is 7.43 Å². The Balaban J connectivity index is 0.000000194. The van der Waals surface area contributed by atoms with Gasteiger partial charge in [0.25, 0.3) is 0 Å². The van der Waals surface area contributed by atoms with Crippen LogP contribution in [0.5, 0.6) is 0 Å². The zero-order chi connectivity index (χ0) is 19.4. The fraction of sp³-hybridized carbons (Fsp3) is 0.300. The van der Waals surface area contributed by atoms with Gasteiger partial charge in [-0.2, -0.15) is 0 Å². The van der Waals surface area contributed by atoms with Crippen LogP contribution in [-0.2, 0) is 22.9 Å². The Kier molecular flexibility index (Phi) is 7.83. The molecule has 150 valence electrons. The molecule has 0 radical (unpaired) electrons. The molecule has 0 atom stereocenters. The van der Waals surface area contributed by atoms with Gasteiger partial charge in [0.05, 0.1) is 10.0 Å². The number of nitrogens with zero attached hydrogens (tertiary/aromatic N) is 4. The highest BCUT2D eigenvalue weighted by Crippen LogP contribution is 2.24. The van der Waals surface area contributed by atoms with Gasteiger partial charge < -0.3 is 18.6 Å². The van der Waals surface area contributed by atoms with Crippen LogP contribution in [0, 0.1) is 6.92 Å². The lowest BCUT2D eigenvalue weighted by molar-refractivity contribution is 0.133. The number of hydrogen-bond acceptors (Lipinski definition) is 4. The topological polar surface area (TPSA) is 54.1 Å². The maximum absolute atomic E-state index is 6.05. The summed E-state index contributed by atoms with van der Waals surface area (Å²) in [6.07, 6.45) is 5.31. The molecule has 0 bridgehead atoms. The first kappa shape index (κ1) is 22.2. The maximum atomic E-state index is 6.05. The summed E-state index contributed by atoms with van der Waals surface area (Å²) in [5, 5.41) is 3.39. The molecule has 0 aromatic carbocycles. The molecular weight excluding hydrogens is 399 g/mol. The monoisotopic (exact) mass is 422 g/mol. The summed E-state index contributed by atoms with van der Waals surface area (Å²) in [7, 11) is 3.31. The molecule has 0 amide bonds. The van der Waals surface area contributed by atoms with Crippen LogP contribution in [0.2, 0.25) is 10.0 Å². The number of hydrogen-bond donors (Lipinski definition) is 0. The molecule has 0 aliphatic heterocycles. The van der Waals surface area contributed by atoms with Crippen LogP contribution in [0.4, 0.5) is 0 Å². The molecule has 28 heavy (non-hydrogen) atoms. The lowest BCUT2D eigenvalue weighted by atomic mass is 10.3. The van der Waals surface area contributed by atoms with E-state index in [1.165, 1.54) is 0 Å².